The Hall–Kier alpha value is -2.18. The zero-order chi connectivity index (χ0) is 18.6. The van der Waals surface area contributed by atoms with Crippen molar-refractivity contribution in [3.05, 3.63) is 69.2 Å². The van der Waals surface area contributed by atoms with Crippen molar-refractivity contribution in [2.45, 2.75) is 18.9 Å². The summed E-state index contributed by atoms with van der Waals surface area (Å²) in [5.41, 5.74) is 5.35. The molecule has 0 heterocycles. The Morgan fingerprint density at radius 1 is 1.00 bits per heavy atom. The van der Waals surface area contributed by atoms with Crippen LogP contribution in [0.2, 0.25) is 10.0 Å². The van der Waals surface area contributed by atoms with Gasteiger partial charge < -0.3 is 11.1 Å². The molecule has 0 aliphatic heterocycles. The molecule has 25 heavy (non-hydrogen) atoms. The predicted octanol–water partition coefficient (Wildman–Crippen LogP) is 3.03. The van der Waals surface area contributed by atoms with E-state index in [2.05, 4.69) is 5.32 Å². The zero-order valence-corrected chi connectivity index (χ0v) is 14.4. The molecule has 2 amide bonds. The van der Waals surface area contributed by atoms with Crippen molar-refractivity contribution in [3.63, 3.8) is 0 Å². The van der Waals surface area contributed by atoms with E-state index < -0.39 is 35.9 Å². The van der Waals surface area contributed by atoms with Crippen LogP contribution in [0.3, 0.4) is 0 Å². The van der Waals surface area contributed by atoms with Crippen LogP contribution in [0, 0.1) is 11.6 Å². The van der Waals surface area contributed by atoms with Crippen molar-refractivity contribution in [1.29, 1.82) is 0 Å². The van der Waals surface area contributed by atoms with Crippen molar-refractivity contribution >= 4 is 35.0 Å². The van der Waals surface area contributed by atoms with E-state index in [-0.39, 0.29) is 12.0 Å². The van der Waals surface area contributed by atoms with Crippen LogP contribution in [0.1, 0.15) is 11.1 Å². The first-order chi connectivity index (χ1) is 11.8. The van der Waals surface area contributed by atoms with Crippen LogP contribution < -0.4 is 11.1 Å². The van der Waals surface area contributed by atoms with E-state index in [9.17, 15) is 18.4 Å². The highest BCUT2D eigenvalue weighted by atomic mass is 35.5. The van der Waals surface area contributed by atoms with E-state index in [4.69, 9.17) is 28.9 Å². The number of rotatable bonds is 6. The molecule has 0 aliphatic carbocycles. The molecule has 2 aromatic carbocycles. The second-order valence-corrected chi connectivity index (χ2v) is 6.12. The number of carbonyl (C=O) groups is 2. The van der Waals surface area contributed by atoms with Gasteiger partial charge in [0.1, 0.15) is 17.7 Å². The fourth-order valence-corrected chi connectivity index (χ4v) is 2.81. The number of halogens is 4. The summed E-state index contributed by atoms with van der Waals surface area (Å²) in [5.74, 6) is -3.27. The monoisotopic (exact) mass is 386 g/mol. The van der Waals surface area contributed by atoms with Gasteiger partial charge in [-0.25, -0.2) is 8.78 Å². The number of nitrogens with one attached hydrogen (secondary N) is 1. The van der Waals surface area contributed by atoms with Crippen LogP contribution in [0.25, 0.3) is 0 Å². The molecule has 8 heteroatoms. The highest BCUT2D eigenvalue weighted by molar-refractivity contribution is 6.36. The van der Waals surface area contributed by atoms with Gasteiger partial charge in [0.05, 0.1) is 6.42 Å². The molecule has 0 aliphatic rings. The second-order valence-electron chi connectivity index (χ2n) is 5.30. The summed E-state index contributed by atoms with van der Waals surface area (Å²) < 4.78 is 27.2. The molecular weight excluding hydrogens is 373 g/mol. The quantitative estimate of drug-likeness (QED) is 0.800. The van der Waals surface area contributed by atoms with Crippen molar-refractivity contribution in [1.82, 2.24) is 5.32 Å². The minimum Gasteiger partial charge on any atom is -0.368 e. The minimum absolute atomic E-state index is 0.0423. The Labute approximate surface area is 152 Å². The van der Waals surface area contributed by atoms with Crippen LogP contribution in [0.4, 0.5) is 8.78 Å². The molecule has 2 rings (SSSR count). The third kappa shape index (κ3) is 4.90. The summed E-state index contributed by atoms with van der Waals surface area (Å²) in [4.78, 5) is 23.7. The molecular formula is C17H14Cl2F2N2O2. The van der Waals surface area contributed by atoms with Gasteiger partial charge in [-0.05, 0) is 29.8 Å². The third-order valence-corrected chi connectivity index (χ3v) is 4.26. The maximum atomic E-state index is 13.6. The zero-order valence-electron chi connectivity index (χ0n) is 12.9. The Morgan fingerprint density at radius 2 is 1.52 bits per heavy atom. The number of primary amides is 1. The van der Waals surface area contributed by atoms with Gasteiger partial charge >= 0.3 is 0 Å². The first kappa shape index (κ1) is 19.1. The molecule has 1 atom stereocenters. The lowest BCUT2D eigenvalue weighted by molar-refractivity contribution is -0.127. The Bertz CT molecular complexity index is 775. The number of hydrogen-bond donors (Lipinski definition) is 2. The van der Waals surface area contributed by atoms with Crippen molar-refractivity contribution in [3.8, 4) is 0 Å². The molecule has 0 fully saturated rings. The van der Waals surface area contributed by atoms with Gasteiger partial charge in [-0.2, -0.15) is 0 Å². The van der Waals surface area contributed by atoms with Crippen molar-refractivity contribution in [2.24, 2.45) is 5.73 Å². The fraction of sp³-hybridized carbons (Fsp3) is 0.176. The van der Waals surface area contributed by atoms with Gasteiger partial charge in [-0.15, -0.1) is 0 Å². The van der Waals surface area contributed by atoms with Gasteiger partial charge in [0, 0.05) is 22.0 Å². The summed E-state index contributed by atoms with van der Waals surface area (Å²) in [5, 5.41) is 2.98. The van der Waals surface area contributed by atoms with Gasteiger partial charge in [-0.1, -0.05) is 35.3 Å². The van der Waals surface area contributed by atoms with E-state index >= 15 is 0 Å². The summed E-state index contributed by atoms with van der Waals surface area (Å²) >= 11 is 12.1. The number of nitrogens with two attached hydrogens (primary N) is 1. The van der Waals surface area contributed by atoms with E-state index in [0.717, 1.165) is 12.1 Å². The molecule has 0 bridgehead atoms. The topological polar surface area (TPSA) is 72.2 Å². The van der Waals surface area contributed by atoms with E-state index in [0.29, 0.717) is 15.6 Å². The largest absolute Gasteiger partial charge is 0.368 e. The smallest absolute Gasteiger partial charge is 0.240 e. The number of amides is 2. The van der Waals surface area contributed by atoms with E-state index in [1.54, 1.807) is 18.2 Å². The lowest BCUT2D eigenvalue weighted by Gasteiger charge is -2.17. The summed E-state index contributed by atoms with van der Waals surface area (Å²) in [6.45, 7) is 0. The highest BCUT2D eigenvalue weighted by Crippen LogP contribution is 2.25. The first-order valence-electron chi connectivity index (χ1n) is 7.24. The van der Waals surface area contributed by atoms with Crippen LogP contribution in [0.15, 0.2) is 36.4 Å². The lowest BCUT2D eigenvalue weighted by Crippen LogP contribution is -2.46. The molecule has 0 saturated heterocycles. The molecule has 0 saturated carbocycles. The standard InChI is InChI=1S/C17H14Cl2F2N2O2/c18-11-3-1-4-12(19)9(11)7-15(17(22)25)23-16(24)8-10-13(20)5-2-6-14(10)21/h1-6,15H,7-8H2,(H2,22,25)(H,23,24)/t15-/m1/s1. The van der Waals surface area contributed by atoms with E-state index in [1.807, 2.05) is 0 Å². The van der Waals surface area contributed by atoms with Gasteiger partial charge in [-0.3, -0.25) is 9.59 Å². The molecule has 0 radical (unpaired) electrons. The molecule has 3 N–H and O–H groups in total. The third-order valence-electron chi connectivity index (χ3n) is 3.55. The van der Waals surface area contributed by atoms with Crippen LogP contribution >= 0.6 is 23.2 Å². The van der Waals surface area contributed by atoms with E-state index in [1.165, 1.54) is 6.07 Å². The summed E-state index contributed by atoms with van der Waals surface area (Å²) in [6, 6.07) is 6.95. The lowest BCUT2D eigenvalue weighted by atomic mass is 10.0. The SMILES string of the molecule is NC(=O)[C@@H](Cc1c(Cl)cccc1Cl)NC(=O)Cc1c(F)cccc1F. The summed E-state index contributed by atoms with van der Waals surface area (Å²) in [7, 11) is 0. The molecule has 0 aromatic heterocycles. The number of hydrogen-bond acceptors (Lipinski definition) is 2. The van der Waals surface area contributed by atoms with Gasteiger partial charge in [0.25, 0.3) is 0 Å². The molecule has 2 aromatic rings. The molecule has 0 unspecified atom stereocenters. The van der Waals surface area contributed by atoms with Crippen LogP contribution in [0.5, 0.6) is 0 Å². The molecule has 0 spiro atoms. The van der Waals surface area contributed by atoms with Crippen LogP contribution in [-0.4, -0.2) is 17.9 Å². The first-order valence-corrected chi connectivity index (χ1v) is 7.99. The maximum absolute atomic E-state index is 13.6. The Balaban J connectivity index is 2.14. The highest BCUT2D eigenvalue weighted by Gasteiger charge is 2.22. The average Bonchev–Trinajstić information content (AvgIpc) is 2.53. The van der Waals surface area contributed by atoms with Crippen LogP contribution in [-0.2, 0) is 22.4 Å². The minimum atomic E-state index is -1.13. The van der Waals surface area contributed by atoms with Crippen molar-refractivity contribution < 1.29 is 18.4 Å². The second kappa shape index (κ2) is 8.27. The normalized spacial score (nSPS) is 11.8. The fourth-order valence-electron chi connectivity index (χ4n) is 2.26. The number of carbonyl (C=O) groups excluding carboxylic acids is 2. The summed E-state index contributed by atoms with van der Waals surface area (Å²) in [6.07, 6.45) is -0.613. The maximum Gasteiger partial charge on any atom is 0.240 e. The number of benzene rings is 2. The Kier molecular flexibility index (Phi) is 6.33. The molecule has 132 valence electrons. The van der Waals surface area contributed by atoms with Gasteiger partial charge in [0.2, 0.25) is 11.8 Å². The average molecular weight is 387 g/mol. The predicted molar refractivity (Wildman–Crippen MR) is 91.4 cm³/mol. The van der Waals surface area contributed by atoms with Crippen molar-refractivity contribution in [2.75, 3.05) is 0 Å². The Morgan fingerprint density at radius 3 is 2.04 bits per heavy atom. The molecule has 4 nitrogen and oxygen atoms in total. The van der Waals surface area contributed by atoms with Gasteiger partial charge in [0.15, 0.2) is 0 Å².